The summed E-state index contributed by atoms with van der Waals surface area (Å²) in [5.41, 5.74) is 0.973. The Labute approximate surface area is 118 Å². The van der Waals surface area contributed by atoms with Gasteiger partial charge in [0, 0.05) is 18.4 Å². The number of aliphatic hydroxyl groups is 1. The second kappa shape index (κ2) is 7.38. The van der Waals surface area contributed by atoms with Gasteiger partial charge in [-0.15, -0.1) is 0 Å². The second-order valence-electron chi connectivity index (χ2n) is 4.61. The Morgan fingerprint density at radius 2 is 1.95 bits per heavy atom. The van der Waals surface area contributed by atoms with Crippen molar-refractivity contribution in [2.45, 2.75) is 25.0 Å². The molecule has 0 radical (unpaired) electrons. The molecule has 1 aliphatic heterocycles. The standard InChI is InChI=1S/C15H20O5/c16-9-10-18-14(17)7-4-8-15(19-11-12-20-15)13-5-2-1-3-6-13/h1-3,5-6,16H,4,7-12H2. The fraction of sp³-hybridized carbons (Fsp3) is 0.533. The van der Waals surface area contributed by atoms with E-state index in [1.54, 1.807) is 0 Å². The summed E-state index contributed by atoms with van der Waals surface area (Å²) in [6, 6.07) is 9.76. The van der Waals surface area contributed by atoms with Crippen molar-refractivity contribution in [2.24, 2.45) is 0 Å². The molecule has 5 nitrogen and oxygen atoms in total. The summed E-state index contributed by atoms with van der Waals surface area (Å²) in [4.78, 5) is 11.4. The predicted molar refractivity (Wildman–Crippen MR) is 71.9 cm³/mol. The number of ether oxygens (including phenoxy) is 3. The minimum atomic E-state index is -0.738. The molecule has 0 amide bonds. The number of benzene rings is 1. The summed E-state index contributed by atoms with van der Waals surface area (Å²) in [5, 5.41) is 8.59. The largest absolute Gasteiger partial charge is 0.463 e. The van der Waals surface area contributed by atoms with E-state index in [1.165, 1.54) is 0 Å². The molecule has 1 N–H and O–H groups in total. The maximum absolute atomic E-state index is 11.4. The molecule has 0 atom stereocenters. The van der Waals surface area contributed by atoms with Crippen LogP contribution in [0.2, 0.25) is 0 Å². The summed E-state index contributed by atoms with van der Waals surface area (Å²) in [6.45, 7) is 1.02. The molecule has 20 heavy (non-hydrogen) atoms. The molecular weight excluding hydrogens is 260 g/mol. The lowest BCUT2D eigenvalue weighted by atomic mass is 9.99. The molecule has 0 bridgehead atoms. The third-order valence-corrected chi connectivity index (χ3v) is 3.21. The molecule has 1 aliphatic rings. The molecule has 5 heteroatoms. The van der Waals surface area contributed by atoms with E-state index in [-0.39, 0.29) is 19.2 Å². The van der Waals surface area contributed by atoms with Crippen molar-refractivity contribution in [1.82, 2.24) is 0 Å². The number of carbonyl (C=O) groups excluding carboxylic acids is 1. The van der Waals surface area contributed by atoms with E-state index < -0.39 is 5.79 Å². The Balaban J connectivity index is 1.89. The highest BCUT2D eigenvalue weighted by Gasteiger charge is 2.37. The number of esters is 1. The van der Waals surface area contributed by atoms with Gasteiger partial charge in [0.25, 0.3) is 0 Å². The minimum absolute atomic E-state index is 0.0513. The zero-order chi connectivity index (χ0) is 14.3. The number of rotatable bonds is 7. The summed E-state index contributed by atoms with van der Waals surface area (Å²) >= 11 is 0. The molecule has 1 saturated heterocycles. The fourth-order valence-corrected chi connectivity index (χ4v) is 2.30. The van der Waals surface area contributed by atoms with Crippen LogP contribution < -0.4 is 0 Å². The first-order valence-corrected chi connectivity index (χ1v) is 6.87. The first-order valence-electron chi connectivity index (χ1n) is 6.87. The predicted octanol–water partition coefficient (Wildman–Crippen LogP) is 1.59. The summed E-state index contributed by atoms with van der Waals surface area (Å²) < 4.78 is 16.4. The highest BCUT2D eigenvalue weighted by molar-refractivity contribution is 5.69. The van der Waals surface area contributed by atoms with Gasteiger partial charge in [-0.25, -0.2) is 0 Å². The van der Waals surface area contributed by atoms with E-state index in [2.05, 4.69) is 0 Å². The summed E-state index contributed by atoms with van der Waals surface area (Å²) in [5.74, 6) is -1.04. The van der Waals surface area contributed by atoms with E-state index in [0.29, 0.717) is 32.5 Å². The topological polar surface area (TPSA) is 65.0 Å². The Morgan fingerprint density at radius 3 is 2.60 bits per heavy atom. The van der Waals surface area contributed by atoms with Gasteiger partial charge >= 0.3 is 5.97 Å². The monoisotopic (exact) mass is 280 g/mol. The van der Waals surface area contributed by atoms with E-state index in [0.717, 1.165) is 5.56 Å². The quantitative estimate of drug-likeness (QED) is 0.768. The van der Waals surface area contributed by atoms with Crippen LogP contribution in [0, 0.1) is 0 Å². The van der Waals surface area contributed by atoms with Crippen LogP contribution in [0.25, 0.3) is 0 Å². The Bertz CT molecular complexity index is 412. The van der Waals surface area contributed by atoms with Gasteiger partial charge in [-0.05, 0) is 6.42 Å². The average molecular weight is 280 g/mol. The Hall–Kier alpha value is -1.43. The van der Waals surface area contributed by atoms with Crippen molar-refractivity contribution in [3.63, 3.8) is 0 Å². The molecule has 0 spiro atoms. The number of hydrogen-bond donors (Lipinski definition) is 1. The molecular formula is C15H20O5. The normalized spacial score (nSPS) is 17.1. The van der Waals surface area contributed by atoms with Crippen LogP contribution in [0.4, 0.5) is 0 Å². The van der Waals surface area contributed by atoms with Crippen LogP contribution in [0.15, 0.2) is 30.3 Å². The van der Waals surface area contributed by atoms with Crippen molar-refractivity contribution in [2.75, 3.05) is 26.4 Å². The van der Waals surface area contributed by atoms with Gasteiger partial charge in [-0.3, -0.25) is 4.79 Å². The third kappa shape index (κ3) is 3.79. The molecule has 0 aromatic heterocycles. The minimum Gasteiger partial charge on any atom is -0.463 e. The lowest BCUT2D eigenvalue weighted by Gasteiger charge is -2.27. The van der Waals surface area contributed by atoms with Crippen molar-refractivity contribution in [1.29, 1.82) is 0 Å². The average Bonchev–Trinajstić information content (AvgIpc) is 2.96. The first-order chi connectivity index (χ1) is 9.77. The smallest absolute Gasteiger partial charge is 0.305 e. The van der Waals surface area contributed by atoms with E-state index in [9.17, 15) is 4.79 Å². The molecule has 1 heterocycles. The van der Waals surface area contributed by atoms with Crippen molar-refractivity contribution in [3.05, 3.63) is 35.9 Å². The van der Waals surface area contributed by atoms with E-state index >= 15 is 0 Å². The van der Waals surface area contributed by atoms with Gasteiger partial charge in [0.05, 0.1) is 19.8 Å². The van der Waals surface area contributed by atoms with E-state index in [1.807, 2.05) is 30.3 Å². The fourth-order valence-electron chi connectivity index (χ4n) is 2.30. The lowest BCUT2D eigenvalue weighted by Crippen LogP contribution is -2.27. The highest BCUT2D eigenvalue weighted by atomic mass is 16.7. The van der Waals surface area contributed by atoms with Crippen LogP contribution in [-0.4, -0.2) is 37.5 Å². The molecule has 2 rings (SSSR count). The van der Waals surface area contributed by atoms with Gasteiger partial charge in [0.1, 0.15) is 6.61 Å². The van der Waals surface area contributed by atoms with Gasteiger partial charge in [0.2, 0.25) is 0 Å². The van der Waals surface area contributed by atoms with Crippen LogP contribution >= 0.6 is 0 Å². The molecule has 1 aromatic rings. The van der Waals surface area contributed by atoms with Crippen molar-refractivity contribution >= 4 is 5.97 Å². The number of hydrogen-bond acceptors (Lipinski definition) is 5. The Morgan fingerprint density at radius 1 is 1.25 bits per heavy atom. The highest BCUT2D eigenvalue weighted by Crippen LogP contribution is 2.36. The van der Waals surface area contributed by atoms with Crippen LogP contribution in [0.3, 0.4) is 0 Å². The number of aliphatic hydroxyl groups excluding tert-OH is 1. The lowest BCUT2D eigenvalue weighted by molar-refractivity contribution is -0.173. The van der Waals surface area contributed by atoms with Crippen LogP contribution in [-0.2, 0) is 24.8 Å². The van der Waals surface area contributed by atoms with Crippen LogP contribution in [0.5, 0.6) is 0 Å². The zero-order valence-corrected chi connectivity index (χ0v) is 11.4. The molecule has 0 saturated carbocycles. The van der Waals surface area contributed by atoms with E-state index in [4.69, 9.17) is 19.3 Å². The summed E-state index contributed by atoms with van der Waals surface area (Å²) in [6.07, 6.45) is 1.51. The molecule has 110 valence electrons. The molecule has 0 aliphatic carbocycles. The first kappa shape index (κ1) is 15.0. The summed E-state index contributed by atoms with van der Waals surface area (Å²) in [7, 11) is 0. The Kier molecular flexibility index (Phi) is 5.52. The maximum Gasteiger partial charge on any atom is 0.305 e. The third-order valence-electron chi connectivity index (χ3n) is 3.21. The SMILES string of the molecule is O=C(CCCC1(c2ccccc2)OCCO1)OCCO. The number of carbonyl (C=O) groups is 1. The van der Waals surface area contributed by atoms with Crippen molar-refractivity contribution < 1.29 is 24.1 Å². The zero-order valence-electron chi connectivity index (χ0n) is 11.4. The molecule has 1 fully saturated rings. The van der Waals surface area contributed by atoms with Crippen molar-refractivity contribution in [3.8, 4) is 0 Å². The molecule has 0 unspecified atom stereocenters. The van der Waals surface area contributed by atoms with Crippen LogP contribution in [0.1, 0.15) is 24.8 Å². The van der Waals surface area contributed by atoms with Gasteiger partial charge in [-0.2, -0.15) is 0 Å². The van der Waals surface area contributed by atoms with Gasteiger partial charge in [0.15, 0.2) is 5.79 Å². The maximum atomic E-state index is 11.4. The van der Waals surface area contributed by atoms with Gasteiger partial charge in [-0.1, -0.05) is 30.3 Å². The second-order valence-corrected chi connectivity index (χ2v) is 4.61. The van der Waals surface area contributed by atoms with Gasteiger partial charge < -0.3 is 19.3 Å². The molecule has 1 aromatic carbocycles.